The second-order valence-electron chi connectivity index (χ2n) is 24.7. The number of nitrogens with zero attached hydrogens (tertiary/aromatic N) is 1. The number of nitrogens with one attached hydrogen (secondary N) is 1. The van der Waals surface area contributed by atoms with Crippen LogP contribution in [0.3, 0.4) is 0 Å². The lowest BCUT2D eigenvalue weighted by molar-refractivity contribution is -0.870. The van der Waals surface area contributed by atoms with E-state index in [1.165, 1.54) is 141 Å². The van der Waals surface area contributed by atoms with Gasteiger partial charge < -0.3 is 28.5 Å². The monoisotopic (exact) mass is 1200 g/mol. The van der Waals surface area contributed by atoms with Crippen molar-refractivity contribution in [1.82, 2.24) is 5.32 Å². The van der Waals surface area contributed by atoms with E-state index in [1.54, 1.807) is 0 Å². The molecule has 0 aromatic heterocycles. The van der Waals surface area contributed by atoms with Gasteiger partial charge in [0.25, 0.3) is 7.82 Å². The molecule has 0 saturated carbocycles. The fourth-order valence-corrected chi connectivity index (χ4v) is 10.4. The van der Waals surface area contributed by atoms with Gasteiger partial charge in [-0.2, -0.15) is 0 Å². The summed E-state index contributed by atoms with van der Waals surface area (Å²) in [6.07, 6.45) is 87.7. The Hall–Kier alpha value is -3.33. The van der Waals surface area contributed by atoms with Gasteiger partial charge in [0, 0.05) is 12.8 Å². The standard InChI is InChI=1S/C75H133N2O7P/c1-7-10-13-16-19-22-25-28-30-32-34-36-37-38-39-41-43-45-47-50-53-56-59-62-65-68-75(79)84-73(66-63-60-57-54-51-48-27-24-21-18-15-12-9-3)72(71-83-85(80,81)82-70-69-77(4,5)6)76-74(78)67-64-61-58-55-52-49-46-44-42-40-35-33-31-29-26-23-20-17-14-11-8-2/h19-20,22-23,28-31,34-36,38-40,44,46,63,66,72-73H,7-18,21,24-27,32-33,37,41-43,45,47-62,64-65,67-71H2,1-6H3,(H-,76,78,80,81)/b22-19-,23-20-,30-28-,31-29-,36-34-,39-38-,40-35-,46-44-,66-63+. The van der Waals surface area contributed by atoms with Crippen molar-refractivity contribution in [2.75, 3.05) is 40.9 Å². The van der Waals surface area contributed by atoms with Crippen molar-refractivity contribution >= 4 is 19.7 Å². The zero-order valence-corrected chi connectivity index (χ0v) is 56.9. The Labute approximate surface area is 525 Å². The summed E-state index contributed by atoms with van der Waals surface area (Å²) in [5, 5.41) is 3.03. The number of ether oxygens (including phenoxy) is 1. The molecule has 1 amide bonds. The molecular weight excluding hydrogens is 1070 g/mol. The van der Waals surface area contributed by atoms with Gasteiger partial charge in [-0.05, 0) is 122 Å². The van der Waals surface area contributed by atoms with Gasteiger partial charge in [0.1, 0.15) is 19.3 Å². The van der Waals surface area contributed by atoms with Crippen LogP contribution in [0.15, 0.2) is 109 Å². The summed E-state index contributed by atoms with van der Waals surface area (Å²) in [6, 6.07) is -0.909. The number of allylic oxidation sites excluding steroid dienone is 17. The van der Waals surface area contributed by atoms with Crippen molar-refractivity contribution < 1.29 is 37.3 Å². The van der Waals surface area contributed by atoms with Crippen LogP contribution in [0.25, 0.3) is 0 Å². The van der Waals surface area contributed by atoms with Crippen LogP contribution in [-0.2, 0) is 27.9 Å². The van der Waals surface area contributed by atoms with Crippen LogP contribution in [0, 0.1) is 0 Å². The molecule has 10 heteroatoms. The molecule has 0 aliphatic heterocycles. The molecule has 0 spiro atoms. The van der Waals surface area contributed by atoms with Crippen molar-refractivity contribution in [2.24, 2.45) is 0 Å². The van der Waals surface area contributed by atoms with Crippen molar-refractivity contribution in [2.45, 2.75) is 315 Å². The van der Waals surface area contributed by atoms with Crippen molar-refractivity contribution in [3.8, 4) is 0 Å². The normalized spacial score (nSPS) is 14.2. The topological polar surface area (TPSA) is 114 Å². The summed E-state index contributed by atoms with van der Waals surface area (Å²) < 4.78 is 30.4. The third kappa shape index (κ3) is 65.0. The Balaban J connectivity index is 5.20. The number of unbranched alkanes of at least 4 members (excludes halogenated alkanes) is 31. The molecule has 0 saturated heterocycles. The summed E-state index contributed by atoms with van der Waals surface area (Å²) in [6.45, 7) is 6.78. The fourth-order valence-electron chi connectivity index (χ4n) is 9.72. The van der Waals surface area contributed by atoms with Crippen LogP contribution < -0.4 is 10.2 Å². The van der Waals surface area contributed by atoms with Crippen molar-refractivity contribution in [3.05, 3.63) is 109 Å². The highest BCUT2D eigenvalue weighted by Crippen LogP contribution is 2.38. The van der Waals surface area contributed by atoms with Gasteiger partial charge in [-0.15, -0.1) is 0 Å². The SMILES string of the molecule is CCCCC/C=C\C/C=C\C/C=C\C/C=C\CCCCCCCCCCCC(=O)OC(/C=C/CCCCCCCCCCCCC)C(COP(=O)([O-])OCC[N+](C)(C)C)NC(=O)CCCCCCC/C=C\C/C=C\C/C=C\C/C=C\CCCCC. The number of rotatable bonds is 63. The van der Waals surface area contributed by atoms with E-state index in [4.69, 9.17) is 13.8 Å². The molecule has 9 nitrogen and oxygen atoms in total. The lowest BCUT2D eigenvalue weighted by atomic mass is 10.0. The summed E-state index contributed by atoms with van der Waals surface area (Å²) in [5.74, 6) is -0.568. The highest BCUT2D eigenvalue weighted by Gasteiger charge is 2.27. The number of phosphoric acid groups is 1. The molecule has 0 bridgehead atoms. The number of hydrogen-bond acceptors (Lipinski definition) is 7. The molecule has 0 heterocycles. The quantitative estimate of drug-likeness (QED) is 0.0212. The number of esters is 1. The molecule has 490 valence electrons. The third-order valence-electron chi connectivity index (χ3n) is 15.2. The minimum Gasteiger partial charge on any atom is -0.756 e. The third-order valence-corrected chi connectivity index (χ3v) is 16.1. The summed E-state index contributed by atoms with van der Waals surface area (Å²) in [4.78, 5) is 40.2. The van der Waals surface area contributed by atoms with Gasteiger partial charge in [0.2, 0.25) is 5.91 Å². The molecule has 0 aliphatic rings. The van der Waals surface area contributed by atoms with Crippen molar-refractivity contribution in [1.29, 1.82) is 0 Å². The van der Waals surface area contributed by atoms with Crippen LogP contribution in [0.5, 0.6) is 0 Å². The van der Waals surface area contributed by atoms with E-state index in [0.717, 1.165) is 122 Å². The summed E-state index contributed by atoms with van der Waals surface area (Å²) in [7, 11) is 1.16. The van der Waals surface area contributed by atoms with E-state index in [0.29, 0.717) is 17.4 Å². The minimum atomic E-state index is -4.72. The first kappa shape index (κ1) is 81.7. The Kier molecular flexibility index (Phi) is 61.2. The molecular formula is C75H133N2O7P. The molecule has 0 rings (SSSR count). The predicted octanol–water partition coefficient (Wildman–Crippen LogP) is 21.8. The van der Waals surface area contributed by atoms with E-state index in [1.807, 2.05) is 33.3 Å². The Morgan fingerprint density at radius 1 is 0.412 bits per heavy atom. The predicted molar refractivity (Wildman–Crippen MR) is 367 cm³/mol. The lowest BCUT2D eigenvalue weighted by Gasteiger charge is -2.30. The molecule has 1 N–H and O–H groups in total. The van der Waals surface area contributed by atoms with Crippen LogP contribution in [-0.4, -0.2) is 69.4 Å². The lowest BCUT2D eigenvalue weighted by Crippen LogP contribution is -2.47. The number of hydrogen-bond donors (Lipinski definition) is 1. The minimum absolute atomic E-state index is 0.0323. The first-order valence-corrected chi connectivity index (χ1v) is 36.7. The maximum atomic E-state index is 13.6. The highest BCUT2D eigenvalue weighted by atomic mass is 31.2. The van der Waals surface area contributed by atoms with Crippen LogP contribution in [0.4, 0.5) is 0 Å². The largest absolute Gasteiger partial charge is 0.756 e. The molecule has 3 unspecified atom stereocenters. The average Bonchev–Trinajstić information content (AvgIpc) is 3.48. The van der Waals surface area contributed by atoms with E-state index < -0.39 is 26.6 Å². The summed E-state index contributed by atoms with van der Waals surface area (Å²) >= 11 is 0. The van der Waals surface area contributed by atoms with Gasteiger partial charge in [-0.3, -0.25) is 14.2 Å². The maximum absolute atomic E-state index is 13.6. The Bertz CT molecular complexity index is 1820. The number of amides is 1. The number of quaternary nitrogens is 1. The van der Waals surface area contributed by atoms with Gasteiger partial charge >= 0.3 is 5.97 Å². The van der Waals surface area contributed by atoms with Gasteiger partial charge in [0.15, 0.2) is 0 Å². The second-order valence-corrected chi connectivity index (χ2v) is 26.1. The number of phosphoric ester groups is 1. The molecule has 0 aliphatic carbocycles. The number of carbonyl (C=O) groups is 2. The van der Waals surface area contributed by atoms with Crippen LogP contribution >= 0.6 is 7.82 Å². The van der Waals surface area contributed by atoms with Gasteiger partial charge in [-0.1, -0.05) is 278 Å². The number of likely N-dealkylation sites (N-methyl/N-ethyl adjacent to an activating group) is 1. The van der Waals surface area contributed by atoms with E-state index in [-0.39, 0.29) is 31.3 Å². The van der Waals surface area contributed by atoms with E-state index in [2.05, 4.69) is 123 Å². The molecule has 3 atom stereocenters. The molecule has 85 heavy (non-hydrogen) atoms. The van der Waals surface area contributed by atoms with Gasteiger partial charge in [0.05, 0.1) is 33.8 Å². The molecule has 0 fully saturated rings. The van der Waals surface area contributed by atoms with E-state index in [9.17, 15) is 19.0 Å². The average molecular weight is 1210 g/mol. The Morgan fingerprint density at radius 3 is 1.09 bits per heavy atom. The van der Waals surface area contributed by atoms with Crippen LogP contribution in [0.1, 0.15) is 303 Å². The number of carbonyl (C=O) groups excluding carboxylic acids is 2. The second kappa shape index (κ2) is 63.7. The van der Waals surface area contributed by atoms with Crippen LogP contribution in [0.2, 0.25) is 0 Å². The Morgan fingerprint density at radius 2 is 0.718 bits per heavy atom. The molecule has 0 aromatic carbocycles. The van der Waals surface area contributed by atoms with Gasteiger partial charge in [-0.25, -0.2) is 0 Å². The first-order chi connectivity index (χ1) is 41.4. The maximum Gasteiger partial charge on any atom is 0.306 e. The molecule has 0 radical (unpaired) electrons. The zero-order chi connectivity index (χ0) is 62.1. The van der Waals surface area contributed by atoms with E-state index >= 15 is 0 Å². The molecule has 0 aromatic rings. The summed E-state index contributed by atoms with van der Waals surface area (Å²) in [5.41, 5.74) is 0. The highest BCUT2D eigenvalue weighted by molar-refractivity contribution is 7.45. The fraction of sp³-hybridized carbons (Fsp3) is 0.733. The first-order valence-electron chi connectivity index (χ1n) is 35.2. The smallest absolute Gasteiger partial charge is 0.306 e. The van der Waals surface area contributed by atoms with Crippen molar-refractivity contribution in [3.63, 3.8) is 0 Å². The zero-order valence-electron chi connectivity index (χ0n) is 56.0.